The van der Waals surface area contributed by atoms with Crippen molar-refractivity contribution in [2.75, 3.05) is 0 Å². The largest absolute Gasteiger partial charge is 0.423 e. The summed E-state index contributed by atoms with van der Waals surface area (Å²) >= 11 is 0. The third-order valence-electron chi connectivity index (χ3n) is 5.23. The van der Waals surface area contributed by atoms with Crippen LogP contribution in [0.15, 0.2) is 51.8 Å². The van der Waals surface area contributed by atoms with Gasteiger partial charge in [0.05, 0.1) is 12.2 Å². The zero-order valence-electron chi connectivity index (χ0n) is 15.8. The van der Waals surface area contributed by atoms with E-state index in [0.29, 0.717) is 22.2 Å². The van der Waals surface area contributed by atoms with Crippen LogP contribution in [0.2, 0.25) is 0 Å². The van der Waals surface area contributed by atoms with Crippen LogP contribution >= 0.6 is 0 Å². The molecule has 0 radical (unpaired) electrons. The molecule has 1 saturated heterocycles. The number of fused-ring (bicyclic) bond motifs is 1. The molecule has 0 bridgehead atoms. The number of urea groups is 1. The summed E-state index contributed by atoms with van der Waals surface area (Å²) in [5.41, 5.74) is 1.70. The number of aryl methyl sites for hydroxylation is 2. The van der Waals surface area contributed by atoms with Gasteiger partial charge < -0.3 is 9.73 Å². The van der Waals surface area contributed by atoms with E-state index >= 15 is 0 Å². The Labute approximate surface area is 161 Å². The molecule has 1 aromatic carbocycles. The van der Waals surface area contributed by atoms with Crippen LogP contribution in [0.1, 0.15) is 29.3 Å². The Hall–Kier alpha value is -3.48. The molecule has 3 aromatic rings. The molecule has 28 heavy (non-hydrogen) atoms. The molecule has 3 heterocycles. The number of amides is 3. The van der Waals surface area contributed by atoms with Gasteiger partial charge in [0.15, 0.2) is 5.54 Å². The number of pyridine rings is 1. The first-order valence-corrected chi connectivity index (χ1v) is 8.89. The van der Waals surface area contributed by atoms with E-state index in [1.807, 2.05) is 19.9 Å². The first kappa shape index (κ1) is 17.9. The van der Waals surface area contributed by atoms with E-state index in [0.717, 1.165) is 16.0 Å². The van der Waals surface area contributed by atoms with Crippen molar-refractivity contribution < 1.29 is 14.0 Å². The molecule has 1 fully saturated rings. The normalized spacial score (nSPS) is 19.3. The molecule has 0 aliphatic carbocycles. The van der Waals surface area contributed by atoms with E-state index in [1.54, 1.807) is 37.4 Å². The van der Waals surface area contributed by atoms with Crippen molar-refractivity contribution in [3.05, 3.63) is 75.4 Å². The molecule has 7 heteroatoms. The average molecular weight is 377 g/mol. The summed E-state index contributed by atoms with van der Waals surface area (Å²) < 4.78 is 5.30. The average Bonchev–Trinajstić information content (AvgIpc) is 2.88. The third-order valence-corrected chi connectivity index (χ3v) is 5.23. The summed E-state index contributed by atoms with van der Waals surface area (Å²) in [6.45, 7) is 5.48. The van der Waals surface area contributed by atoms with Crippen LogP contribution in [0.4, 0.5) is 4.79 Å². The molecule has 142 valence electrons. The van der Waals surface area contributed by atoms with Crippen molar-refractivity contribution in [1.82, 2.24) is 15.2 Å². The summed E-state index contributed by atoms with van der Waals surface area (Å²) in [5.74, 6) is -0.415. The minimum atomic E-state index is -1.25. The predicted octanol–water partition coefficient (Wildman–Crippen LogP) is 2.77. The Morgan fingerprint density at radius 2 is 1.86 bits per heavy atom. The highest BCUT2D eigenvalue weighted by molar-refractivity contribution is 6.07. The highest BCUT2D eigenvalue weighted by Gasteiger charge is 2.49. The van der Waals surface area contributed by atoms with Crippen LogP contribution < -0.4 is 10.9 Å². The van der Waals surface area contributed by atoms with Crippen LogP contribution in [0.25, 0.3) is 11.0 Å². The molecule has 0 saturated carbocycles. The van der Waals surface area contributed by atoms with Crippen LogP contribution in [0.5, 0.6) is 0 Å². The summed E-state index contributed by atoms with van der Waals surface area (Å²) in [4.78, 5) is 43.0. The molecule has 4 rings (SSSR count). The van der Waals surface area contributed by atoms with Crippen molar-refractivity contribution in [3.63, 3.8) is 0 Å². The Kier molecular flexibility index (Phi) is 4.03. The number of imide groups is 1. The molecule has 1 N–H and O–H groups in total. The lowest BCUT2D eigenvalue weighted by Crippen LogP contribution is -2.41. The van der Waals surface area contributed by atoms with Crippen LogP contribution in [-0.2, 0) is 16.9 Å². The van der Waals surface area contributed by atoms with Crippen LogP contribution in [0, 0.1) is 13.8 Å². The number of aromatic nitrogens is 1. The van der Waals surface area contributed by atoms with E-state index in [1.165, 1.54) is 6.07 Å². The number of nitrogens with zero attached hydrogens (tertiary/aromatic N) is 2. The van der Waals surface area contributed by atoms with E-state index in [2.05, 4.69) is 10.3 Å². The number of carbonyl (C=O) groups is 2. The molecular weight excluding hydrogens is 358 g/mol. The fraction of sp³-hybridized carbons (Fsp3) is 0.238. The fourth-order valence-corrected chi connectivity index (χ4v) is 3.46. The Morgan fingerprint density at radius 1 is 1.11 bits per heavy atom. The van der Waals surface area contributed by atoms with Crippen molar-refractivity contribution in [1.29, 1.82) is 0 Å². The number of hydrogen-bond acceptors (Lipinski definition) is 5. The van der Waals surface area contributed by atoms with Crippen LogP contribution in [0.3, 0.4) is 0 Å². The third kappa shape index (κ3) is 2.76. The molecule has 1 aliphatic heterocycles. The van der Waals surface area contributed by atoms with Gasteiger partial charge in [-0.2, -0.15) is 0 Å². The highest BCUT2D eigenvalue weighted by atomic mass is 16.4. The molecule has 7 nitrogen and oxygen atoms in total. The molecule has 2 aromatic heterocycles. The fourth-order valence-electron chi connectivity index (χ4n) is 3.46. The molecule has 3 amide bonds. The smallest absolute Gasteiger partial charge is 0.336 e. The highest BCUT2D eigenvalue weighted by Crippen LogP contribution is 2.30. The molecular formula is C21H19N3O4. The van der Waals surface area contributed by atoms with Gasteiger partial charge in [0.1, 0.15) is 5.58 Å². The topological polar surface area (TPSA) is 92.5 Å². The SMILES string of the molecule is Cc1cc2oc(=O)cc(CN3C(=O)NC(C)(c4ccccn4)C3=O)c2cc1C. The lowest BCUT2D eigenvalue weighted by Gasteiger charge is -2.21. The zero-order chi connectivity index (χ0) is 20.1. The van der Waals surface area contributed by atoms with Crippen molar-refractivity contribution in [2.45, 2.75) is 32.9 Å². The van der Waals surface area contributed by atoms with E-state index in [4.69, 9.17) is 4.42 Å². The van der Waals surface area contributed by atoms with Gasteiger partial charge in [-0.05, 0) is 61.7 Å². The van der Waals surface area contributed by atoms with Gasteiger partial charge in [-0.15, -0.1) is 0 Å². The molecule has 1 aliphatic rings. The standard InChI is InChI=1S/C21H19N3O4/c1-12-8-15-14(10-18(25)28-16(15)9-13(12)2)11-24-19(26)21(3,23-20(24)27)17-6-4-5-7-22-17/h4-10H,11H2,1-3H3,(H,23,27). The van der Waals surface area contributed by atoms with Crippen molar-refractivity contribution in [2.24, 2.45) is 0 Å². The lowest BCUT2D eigenvalue weighted by atomic mass is 9.97. The maximum absolute atomic E-state index is 13.1. The predicted molar refractivity (Wildman–Crippen MR) is 103 cm³/mol. The van der Waals surface area contributed by atoms with Crippen molar-refractivity contribution >= 4 is 22.9 Å². The minimum Gasteiger partial charge on any atom is -0.423 e. The second kappa shape index (κ2) is 6.30. The number of rotatable bonds is 3. The summed E-state index contributed by atoms with van der Waals surface area (Å²) in [7, 11) is 0. The molecule has 0 spiro atoms. The van der Waals surface area contributed by atoms with E-state index in [9.17, 15) is 14.4 Å². The summed E-state index contributed by atoms with van der Waals surface area (Å²) in [6.07, 6.45) is 1.57. The first-order valence-electron chi connectivity index (χ1n) is 8.89. The Balaban J connectivity index is 1.76. The van der Waals surface area contributed by atoms with Gasteiger partial charge in [-0.1, -0.05) is 6.07 Å². The lowest BCUT2D eigenvalue weighted by molar-refractivity contribution is -0.131. The maximum atomic E-state index is 13.1. The molecule has 1 unspecified atom stereocenters. The van der Waals surface area contributed by atoms with Gasteiger partial charge in [0, 0.05) is 17.6 Å². The van der Waals surface area contributed by atoms with Gasteiger partial charge in [-0.25, -0.2) is 9.59 Å². The van der Waals surface area contributed by atoms with Crippen LogP contribution in [-0.4, -0.2) is 21.8 Å². The van der Waals surface area contributed by atoms with Gasteiger partial charge in [0.25, 0.3) is 5.91 Å². The number of nitrogens with one attached hydrogen (secondary N) is 1. The number of carbonyl (C=O) groups excluding carboxylic acids is 2. The number of hydrogen-bond donors (Lipinski definition) is 1. The summed E-state index contributed by atoms with van der Waals surface area (Å²) in [5, 5.41) is 3.43. The minimum absolute atomic E-state index is 0.0301. The second-order valence-corrected chi connectivity index (χ2v) is 7.18. The molecule has 1 atom stereocenters. The zero-order valence-corrected chi connectivity index (χ0v) is 15.8. The second-order valence-electron chi connectivity index (χ2n) is 7.18. The van der Waals surface area contributed by atoms with Crippen molar-refractivity contribution in [3.8, 4) is 0 Å². The van der Waals surface area contributed by atoms with E-state index in [-0.39, 0.29) is 6.54 Å². The maximum Gasteiger partial charge on any atom is 0.336 e. The summed E-state index contributed by atoms with van der Waals surface area (Å²) in [6, 6.07) is 9.69. The quantitative estimate of drug-likeness (QED) is 0.560. The Bertz CT molecular complexity index is 1170. The first-order chi connectivity index (χ1) is 13.3. The van der Waals surface area contributed by atoms with Gasteiger partial charge in [-0.3, -0.25) is 14.7 Å². The monoisotopic (exact) mass is 377 g/mol. The number of benzene rings is 1. The van der Waals surface area contributed by atoms with E-state index < -0.39 is 23.1 Å². The Morgan fingerprint density at radius 3 is 2.57 bits per heavy atom. The van der Waals surface area contributed by atoms with Gasteiger partial charge in [0.2, 0.25) is 0 Å². The van der Waals surface area contributed by atoms with Gasteiger partial charge >= 0.3 is 11.7 Å².